The third-order valence-corrected chi connectivity index (χ3v) is 4.58. The van der Waals surface area contributed by atoms with E-state index in [1.807, 2.05) is 0 Å². The number of ether oxygens (including phenoxy) is 1. The van der Waals surface area contributed by atoms with Crippen molar-refractivity contribution >= 4 is 34.2 Å². The van der Waals surface area contributed by atoms with Crippen molar-refractivity contribution in [2.75, 3.05) is 14.2 Å². The zero-order valence-electron chi connectivity index (χ0n) is 15.6. The Hall–Kier alpha value is -2.93. The average Bonchev–Trinajstić information content (AvgIpc) is 2.95. The van der Waals surface area contributed by atoms with Crippen molar-refractivity contribution in [3.05, 3.63) is 45.1 Å². The van der Waals surface area contributed by atoms with E-state index >= 15 is 0 Å². The lowest BCUT2D eigenvalue weighted by atomic mass is 10.2. The van der Waals surface area contributed by atoms with Crippen molar-refractivity contribution in [2.24, 2.45) is 0 Å². The van der Waals surface area contributed by atoms with Crippen LogP contribution in [0.4, 0.5) is 4.79 Å². The fourth-order valence-electron chi connectivity index (χ4n) is 1.86. The number of carbonyl (C=O) groups excluding carboxylic acids is 2. The number of methoxy groups -OCH3 is 1. The van der Waals surface area contributed by atoms with Crippen LogP contribution in [0.2, 0.25) is 0 Å². The van der Waals surface area contributed by atoms with E-state index in [1.165, 1.54) is 24.6 Å². The van der Waals surface area contributed by atoms with Gasteiger partial charge >= 0.3 is 17.7 Å². The monoisotopic (exact) mass is 432 g/mol. The van der Waals surface area contributed by atoms with Gasteiger partial charge in [-0.25, -0.2) is 27.5 Å². The van der Waals surface area contributed by atoms with Gasteiger partial charge in [0.15, 0.2) is 0 Å². The average molecular weight is 432 g/mol. The number of aromatic nitrogens is 3. The van der Waals surface area contributed by atoms with Crippen molar-refractivity contribution < 1.29 is 27.6 Å². The number of aromatic amines is 1. The quantitative estimate of drug-likeness (QED) is 0.536. The molecule has 0 aliphatic rings. The van der Waals surface area contributed by atoms with Gasteiger partial charge in [0.25, 0.3) is 10.0 Å². The molecular formula is C15H20N4O7S2. The summed E-state index contributed by atoms with van der Waals surface area (Å²) in [6.07, 6.45) is 1.25. The molecule has 2 aromatic rings. The highest BCUT2D eigenvalue weighted by Gasteiger charge is 2.26. The zero-order chi connectivity index (χ0) is 21.5. The molecule has 11 nitrogen and oxygen atoms in total. The van der Waals surface area contributed by atoms with Gasteiger partial charge in [0.1, 0.15) is 12.0 Å². The first-order valence-electron chi connectivity index (χ1n) is 7.87. The standard InChI is InChI=1S/C12H12N4O7S2.C3H8/c1-22-9(17)7-5-3-4-6-8(7)25(20,21)14-10(18)15-12(19)16(23-2)11(24)13-15;1-3-2/h3-6H,1-2H3,(H,13,24)(H,14,18);3H2,1-2H3. The lowest BCUT2D eigenvalue weighted by molar-refractivity contribution is 0.0596. The molecule has 0 atom stereocenters. The Morgan fingerprint density at radius 1 is 1.21 bits per heavy atom. The van der Waals surface area contributed by atoms with Crippen molar-refractivity contribution in [3.63, 3.8) is 0 Å². The Balaban J connectivity index is 0.00000122. The molecule has 0 spiro atoms. The molecular weight excluding hydrogens is 412 g/mol. The Morgan fingerprint density at radius 3 is 2.29 bits per heavy atom. The number of rotatable bonds is 4. The first-order chi connectivity index (χ1) is 13.1. The molecule has 28 heavy (non-hydrogen) atoms. The second kappa shape index (κ2) is 9.85. The van der Waals surface area contributed by atoms with Gasteiger partial charge in [0, 0.05) is 0 Å². The number of hydrogen-bond donors (Lipinski definition) is 2. The fourth-order valence-corrected chi connectivity index (χ4v) is 3.23. The first kappa shape index (κ1) is 23.1. The summed E-state index contributed by atoms with van der Waals surface area (Å²) in [7, 11) is -2.27. The Kier molecular flexibility index (Phi) is 8.13. The number of carbonyl (C=O) groups is 2. The maximum atomic E-state index is 12.4. The van der Waals surface area contributed by atoms with Gasteiger partial charge in [-0.1, -0.05) is 37.1 Å². The number of amides is 1. The molecule has 2 rings (SSSR count). The van der Waals surface area contributed by atoms with E-state index in [-0.39, 0.29) is 10.3 Å². The lowest BCUT2D eigenvalue weighted by Gasteiger charge is -2.09. The van der Waals surface area contributed by atoms with E-state index in [0.717, 1.165) is 20.3 Å². The maximum absolute atomic E-state index is 12.4. The Bertz CT molecular complexity index is 1070. The van der Waals surface area contributed by atoms with E-state index in [0.29, 0.717) is 9.41 Å². The molecule has 1 heterocycles. The summed E-state index contributed by atoms with van der Waals surface area (Å²) in [5.41, 5.74) is -1.32. The minimum atomic E-state index is -4.48. The molecule has 0 saturated heterocycles. The van der Waals surface area contributed by atoms with Crippen molar-refractivity contribution in [1.29, 1.82) is 0 Å². The highest BCUT2D eigenvalue weighted by Crippen LogP contribution is 2.16. The van der Waals surface area contributed by atoms with E-state index < -0.39 is 32.6 Å². The van der Waals surface area contributed by atoms with E-state index in [9.17, 15) is 22.8 Å². The molecule has 0 fully saturated rings. The fraction of sp³-hybridized carbons (Fsp3) is 0.333. The number of nitrogens with one attached hydrogen (secondary N) is 2. The summed E-state index contributed by atoms with van der Waals surface area (Å²) in [6, 6.07) is 3.76. The maximum Gasteiger partial charge on any atom is 0.387 e. The van der Waals surface area contributed by atoms with E-state index in [2.05, 4.69) is 28.5 Å². The van der Waals surface area contributed by atoms with Crippen molar-refractivity contribution in [3.8, 4) is 0 Å². The van der Waals surface area contributed by atoms with Crippen LogP contribution in [-0.4, -0.2) is 49.1 Å². The van der Waals surface area contributed by atoms with Crippen LogP contribution >= 0.6 is 12.2 Å². The third kappa shape index (κ3) is 5.07. The lowest BCUT2D eigenvalue weighted by Crippen LogP contribution is -2.41. The van der Waals surface area contributed by atoms with Crippen LogP contribution in [0.25, 0.3) is 0 Å². The number of hydrogen-bond acceptors (Lipinski definition) is 8. The largest absolute Gasteiger partial charge is 0.465 e. The summed E-state index contributed by atoms with van der Waals surface area (Å²) in [4.78, 5) is 39.8. The predicted octanol–water partition coefficient (Wildman–Crippen LogP) is 0.915. The van der Waals surface area contributed by atoms with Crippen LogP contribution in [0, 0.1) is 4.77 Å². The first-order valence-corrected chi connectivity index (χ1v) is 9.76. The normalized spacial score (nSPS) is 10.4. The van der Waals surface area contributed by atoms with Gasteiger partial charge in [-0.3, -0.25) is 5.10 Å². The number of H-pyrrole nitrogens is 1. The van der Waals surface area contributed by atoms with Gasteiger partial charge in [-0.15, -0.1) is 4.68 Å². The smallest absolute Gasteiger partial charge is 0.387 e. The number of nitrogens with zero attached hydrogens (tertiary/aromatic N) is 2. The Morgan fingerprint density at radius 2 is 1.79 bits per heavy atom. The van der Waals surface area contributed by atoms with Crippen LogP contribution in [0.1, 0.15) is 30.6 Å². The molecule has 0 aliphatic carbocycles. The van der Waals surface area contributed by atoms with Gasteiger partial charge in [-0.2, -0.15) is 0 Å². The van der Waals surface area contributed by atoms with Crippen LogP contribution in [-0.2, 0) is 14.8 Å². The molecule has 2 N–H and O–H groups in total. The molecule has 1 aromatic heterocycles. The van der Waals surface area contributed by atoms with Crippen LogP contribution in [0.15, 0.2) is 34.0 Å². The van der Waals surface area contributed by atoms with Crippen molar-refractivity contribution in [1.82, 2.24) is 19.2 Å². The molecule has 0 saturated carbocycles. The zero-order valence-corrected chi connectivity index (χ0v) is 17.2. The minimum absolute atomic E-state index is 0.255. The van der Waals surface area contributed by atoms with Gasteiger partial charge in [-0.05, 0) is 24.4 Å². The number of sulfonamides is 1. The van der Waals surface area contributed by atoms with E-state index in [4.69, 9.17) is 12.2 Å². The number of esters is 1. The molecule has 13 heteroatoms. The minimum Gasteiger partial charge on any atom is -0.465 e. The molecule has 1 amide bonds. The summed E-state index contributed by atoms with van der Waals surface area (Å²) in [5, 5.41) is 2.18. The molecule has 0 unspecified atom stereocenters. The SMILES string of the molecule is CCC.COC(=O)c1ccccc1S(=O)(=O)NC(=O)n1[nH]c(=S)n(OC)c1=O. The van der Waals surface area contributed by atoms with Gasteiger partial charge in [0.05, 0.1) is 12.7 Å². The summed E-state index contributed by atoms with van der Waals surface area (Å²) >= 11 is 4.76. The summed E-state index contributed by atoms with van der Waals surface area (Å²) in [6.45, 7) is 4.25. The summed E-state index contributed by atoms with van der Waals surface area (Å²) in [5.74, 6) is -0.907. The number of benzene rings is 1. The van der Waals surface area contributed by atoms with Crippen LogP contribution < -0.4 is 15.2 Å². The summed E-state index contributed by atoms with van der Waals surface area (Å²) < 4.78 is 31.6. The molecule has 1 aromatic carbocycles. The second-order valence-electron chi connectivity index (χ2n) is 5.12. The highest BCUT2D eigenvalue weighted by atomic mass is 32.2. The molecule has 154 valence electrons. The van der Waals surface area contributed by atoms with Crippen molar-refractivity contribution in [2.45, 2.75) is 25.2 Å². The van der Waals surface area contributed by atoms with Gasteiger partial charge < -0.3 is 9.57 Å². The molecule has 0 aliphatic heterocycles. The molecule has 0 bridgehead atoms. The topological polar surface area (TPSA) is 141 Å². The van der Waals surface area contributed by atoms with Crippen LogP contribution in [0.3, 0.4) is 0 Å². The van der Waals surface area contributed by atoms with Gasteiger partial charge in [0.2, 0.25) is 4.77 Å². The van der Waals surface area contributed by atoms with Crippen LogP contribution in [0.5, 0.6) is 0 Å². The molecule has 0 radical (unpaired) electrons. The third-order valence-electron chi connectivity index (χ3n) is 2.95. The Labute approximate surface area is 165 Å². The second-order valence-corrected chi connectivity index (χ2v) is 7.15. The van der Waals surface area contributed by atoms with E-state index in [1.54, 1.807) is 4.72 Å². The predicted molar refractivity (Wildman–Crippen MR) is 101 cm³/mol. The highest BCUT2D eigenvalue weighted by molar-refractivity contribution is 7.90.